The molecule has 2 heterocycles. The molecule has 102 valence electrons. The highest BCUT2D eigenvalue weighted by atomic mass is 16.3. The monoisotopic (exact) mass is 263 g/mol. The number of nitrogens with zero attached hydrogens (tertiary/aromatic N) is 5. The summed E-state index contributed by atoms with van der Waals surface area (Å²) in [7, 11) is 0. The van der Waals surface area contributed by atoms with Crippen molar-refractivity contribution >= 4 is 11.9 Å². The van der Waals surface area contributed by atoms with Crippen molar-refractivity contribution in [3.05, 3.63) is 18.5 Å². The molecule has 0 bridgehead atoms. The Hall–Kier alpha value is -2.22. The minimum Gasteiger partial charge on any atom is -0.391 e. The number of anilines is 2. The molecule has 0 aliphatic carbocycles. The van der Waals surface area contributed by atoms with Gasteiger partial charge in [0.15, 0.2) is 0 Å². The third-order valence-corrected chi connectivity index (χ3v) is 2.59. The lowest BCUT2D eigenvalue weighted by atomic mass is 10.1. The lowest BCUT2D eigenvalue weighted by Crippen LogP contribution is -2.26. The molecule has 0 saturated heterocycles. The van der Waals surface area contributed by atoms with E-state index in [-0.39, 0.29) is 11.9 Å². The fraction of sp³-hybridized carbons (Fsp3) is 0.455. The molecule has 8 heteroatoms. The van der Waals surface area contributed by atoms with Gasteiger partial charge in [0.1, 0.15) is 0 Å². The van der Waals surface area contributed by atoms with E-state index >= 15 is 0 Å². The van der Waals surface area contributed by atoms with Crippen LogP contribution in [-0.2, 0) is 0 Å². The predicted octanol–water partition coefficient (Wildman–Crippen LogP) is 0.0683. The maximum atomic E-state index is 9.73. The Morgan fingerprint density at radius 3 is 2.79 bits per heavy atom. The van der Waals surface area contributed by atoms with Crippen molar-refractivity contribution in [3.63, 3.8) is 0 Å². The molecule has 2 rings (SSSR count). The minimum atomic E-state index is -0.480. The van der Waals surface area contributed by atoms with E-state index in [0.717, 1.165) is 0 Å². The summed E-state index contributed by atoms with van der Waals surface area (Å²) in [6.45, 7) is 4.21. The summed E-state index contributed by atoms with van der Waals surface area (Å²) in [6.07, 6.45) is 2.85. The fourth-order valence-corrected chi connectivity index (χ4v) is 1.38. The first-order valence-corrected chi connectivity index (χ1v) is 6.00. The van der Waals surface area contributed by atoms with Gasteiger partial charge in [-0.15, -0.1) is 0 Å². The van der Waals surface area contributed by atoms with E-state index in [4.69, 9.17) is 5.73 Å². The fourth-order valence-electron chi connectivity index (χ4n) is 1.38. The van der Waals surface area contributed by atoms with E-state index in [0.29, 0.717) is 18.4 Å². The zero-order valence-corrected chi connectivity index (χ0v) is 10.9. The Morgan fingerprint density at radius 1 is 1.37 bits per heavy atom. The van der Waals surface area contributed by atoms with E-state index in [1.54, 1.807) is 18.5 Å². The maximum absolute atomic E-state index is 9.73. The number of aromatic nitrogens is 5. The minimum absolute atomic E-state index is 0.0991. The third kappa shape index (κ3) is 3.38. The van der Waals surface area contributed by atoms with Crippen molar-refractivity contribution in [1.29, 1.82) is 0 Å². The van der Waals surface area contributed by atoms with Crippen molar-refractivity contribution < 1.29 is 5.11 Å². The molecule has 0 radical (unpaired) electrons. The molecular weight excluding hydrogens is 246 g/mol. The van der Waals surface area contributed by atoms with E-state index < -0.39 is 6.10 Å². The van der Waals surface area contributed by atoms with Gasteiger partial charge in [0.05, 0.1) is 6.10 Å². The van der Waals surface area contributed by atoms with Gasteiger partial charge in [-0.25, -0.2) is 4.68 Å². The average Bonchev–Trinajstić information content (AvgIpc) is 2.89. The summed E-state index contributed by atoms with van der Waals surface area (Å²) in [4.78, 5) is 12.1. The Morgan fingerprint density at radius 2 is 2.16 bits per heavy atom. The number of hydrogen-bond donors (Lipinski definition) is 3. The van der Waals surface area contributed by atoms with Crippen LogP contribution in [0.15, 0.2) is 18.5 Å². The molecule has 0 amide bonds. The molecule has 0 spiro atoms. The summed E-state index contributed by atoms with van der Waals surface area (Å²) >= 11 is 0. The van der Waals surface area contributed by atoms with Gasteiger partial charge < -0.3 is 16.2 Å². The number of aliphatic hydroxyl groups excluding tert-OH is 1. The summed E-state index contributed by atoms with van der Waals surface area (Å²) < 4.78 is 1.49. The zero-order chi connectivity index (χ0) is 13.8. The standard InChI is InChI=1S/C11H17N7O/c1-7(2)8(19)6-13-10-15-9(12)16-11(17-10)18-5-3-4-14-18/h3-5,7-8,19H,6H2,1-2H3,(H3,12,13,15,16,17). The Kier molecular flexibility index (Phi) is 3.91. The van der Waals surface area contributed by atoms with Crippen LogP contribution in [0.25, 0.3) is 5.95 Å². The molecule has 0 aliphatic heterocycles. The maximum Gasteiger partial charge on any atom is 0.257 e. The molecule has 0 fully saturated rings. The number of aliphatic hydroxyl groups is 1. The number of rotatable bonds is 5. The van der Waals surface area contributed by atoms with Gasteiger partial charge in [-0.3, -0.25) is 0 Å². The quantitative estimate of drug-likeness (QED) is 0.699. The van der Waals surface area contributed by atoms with Crippen molar-refractivity contribution in [1.82, 2.24) is 24.7 Å². The Balaban J connectivity index is 2.13. The largest absolute Gasteiger partial charge is 0.391 e. The van der Waals surface area contributed by atoms with Crippen molar-refractivity contribution in [3.8, 4) is 5.95 Å². The van der Waals surface area contributed by atoms with Crippen LogP contribution in [0.5, 0.6) is 0 Å². The summed E-state index contributed by atoms with van der Waals surface area (Å²) in [5, 5.41) is 16.7. The summed E-state index contributed by atoms with van der Waals surface area (Å²) in [5.74, 6) is 0.899. The van der Waals surface area contributed by atoms with E-state index in [1.807, 2.05) is 13.8 Å². The SMILES string of the molecule is CC(C)C(O)CNc1nc(N)nc(-n2cccn2)n1. The molecule has 1 atom stereocenters. The van der Waals surface area contributed by atoms with Crippen LogP contribution in [0.2, 0.25) is 0 Å². The van der Waals surface area contributed by atoms with Crippen LogP contribution in [0, 0.1) is 5.92 Å². The van der Waals surface area contributed by atoms with Gasteiger partial charge in [0, 0.05) is 18.9 Å². The lowest BCUT2D eigenvalue weighted by molar-refractivity contribution is 0.137. The molecule has 4 N–H and O–H groups in total. The van der Waals surface area contributed by atoms with Gasteiger partial charge in [-0.05, 0) is 12.0 Å². The molecule has 19 heavy (non-hydrogen) atoms. The second kappa shape index (κ2) is 5.61. The third-order valence-electron chi connectivity index (χ3n) is 2.59. The number of nitrogen functional groups attached to an aromatic ring is 1. The van der Waals surface area contributed by atoms with Crippen molar-refractivity contribution in [2.24, 2.45) is 5.92 Å². The smallest absolute Gasteiger partial charge is 0.257 e. The zero-order valence-electron chi connectivity index (χ0n) is 10.9. The summed E-state index contributed by atoms with van der Waals surface area (Å²) in [6, 6.07) is 1.76. The summed E-state index contributed by atoms with van der Waals surface area (Å²) in [5.41, 5.74) is 5.63. The van der Waals surface area contributed by atoms with Gasteiger partial charge in [-0.2, -0.15) is 20.1 Å². The molecular formula is C11H17N7O. The first-order chi connectivity index (χ1) is 9.06. The van der Waals surface area contributed by atoms with Crippen molar-refractivity contribution in [2.45, 2.75) is 20.0 Å². The van der Waals surface area contributed by atoms with Crippen LogP contribution in [0.3, 0.4) is 0 Å². The van der Waals surface area contributed by atoms with Crippen LogP contribution < -0.4 is 11.1 Å². The van der Waals surface area contributed by atoms with Gasteiger partial charge in [-0.1, -0.05) is 13.8 Å². The molecule has 8 nitrogen and oxygen atoms in total. The topological polar surface area (TPSA) is 115 Å². The number of hydrogen-bond acceptors (Lipinski definition) is 7. The van der Waals surface area contributed by atoms with E-state index in [1.165, 1.54) is 4.68 Å². The average molecular weight is 263 g/mol. The van der Waals surface area contributed by atoms with E-state index in [9.17, 15) is 5.11 Å². The highest BCUT2D eigenvalue weighted by Crippen LogP contribution is 2.07. The molecule has 0 saturated carbocycles. The van der Waals surface area contributed by atoms with Gasteiger partial charge in [0.2, 0.25) is 11.9 Å². The predicted molar refractivity (Wildman–Crippen MR) is 70.7 cm³/mol. The van der Waals surface area contributed by atoms with Crippen molar-refractivity contribution in [2.75, 3.05) is 17.6 Å². The van der Waals surface area contributed by atoms with Gasteiger partial charge >= 0.3 is 0 Å². The molecule has 2 aromatic heterocycles. The van der Waals surface area contributed by atoms with Gasteiger partial charge in [0.25, 0.3) is 5.95 Å². The first-order valence-electron chi connectivity index (χ1n) is 6.00. The second-order valence-corrected chi connectivity index (χ2v) is 4.46. The lowest BCUT2D eigenvalue weighted by Gasteiger charge is -2.15. The highest BCUT2D eigenvalue weighted by molar-refractivity contribution is 5.34. The molecule has 1 unspecified atom stereocenters. The number of nitrogens with two attached hydrogens (primary N) is 1. The number of nitrogens with one attached hydrogen (secondary N) is 1. The first kappa shape index (κ1) is 13.2. The Labute approximate surface area is 110 Å². The molecule has 0 aliphatic rings. The van der Waals surface area contributed by atoms with Crippen LogP contribution >= 0.6 is 0 Å². The molecule has 0 aromatic carbocycles. The van der Waals surface area contributed by atoms with E-state index in [2.05, 4.69) is 25.4 Å². The Bertz CT molecular complexity index is 526. The van der Waals surface area contributed by atoms with Crippen LogP contribution in [0.4, 0.5) is 11.9 Å². The highest BCUT2D eigenvalue weighted by Gasteiger charge is 2.11. The second-order valence-electron chi connectivity index (χ2n) is 4.46. The molecule has 2 aromatic rings. The normalized spacial score (nSPS) is 12.6. The van der Waals surface area contributed by atoms with Crippen LogP contribution in [0.1, 0.15) is 13.8 Å². The van der Waals surface area contributed by atoms with Crippen LogP contribution in [-0.4, -0.2) is 42.5 Å².